The number of rotatable bonds is 6. The summed E-state index contributed by atoms with van der Waals surface area (Å²) in [6.07, 6.45) is 3.20. The fraction of sp³-hybridized carbons (Fsp3) is 0.714. The molecule has 0 aliphatic rings. The highest BCUT2D eigenvalue weighted by atomic mass is 16.1. The van der Waals surface area contributed by atoms with Crippen molar-refractivity contribution in [1.29, 1.82) is 5.41 Å². The molecule has 0 saturated heterocycles. The van der Waals surface area contributed by atoms with E-state index in [0.717, 1.165) is 19.1 Å². The Labute approximate surface area is 72.0 Å². The van der Waals surface area contributed by atoms with Crippen molar-refractivity contribution in [3.63, 3.8) is 0 Å². The number of nitrogens with one attached hydrogen (secondary N) is 2. The monoisotopic (exact) mass is 172 g/mol. The quantitative estimate of drug-likeness (QED) is 0.181. The zero-order valence-electron chi connectivity index (χ0n) is 7.05. The van der Waals surface area contributed by atoms with Gasteiger partial charge in [-0.05, 0) is 19.3 Å². The van der Waals surface area contributed by atoms with Crippen LogP contribution in [0.4, 0.5) is 0 Å². The number of carbonyl (C=O) groups is 1. The maximum Gasteiger partial charge on any atom is 0.185 e. The van der Waals surface area contributed by atoms with Crippen molar-refractivity contribution in [3.05, 3.63) is 0 Å². The van der Waals surface area contributed by atoms with Crippen LogP contribution in [-0.4, -0.2) is 24.8 Å². The van der Waals surface area contributed by atoms with Crippen molar-refractivity contribution >= 4 is 12.2 Å². The lowest BCUT2D eigenvalue weighted by atomic mass is 10.1. The molecule has 0 amide bonds. The normalized spacial score (nSPS) is 12.1. The predicted octanol–water partition coefficient (Wildman–Crippen LogP) is -0.834. The van der Waals surface area contributed by atoms with Crippen LogP contribution in [0.1, 0.15) is 19.3 Å². The Hall–Kier alpha value is -1.10. The van der Waals surface area contributed by atoms with E-state index in [4.69, 9.17) is 16.9 Å². The van der Waals surface area contributed by atoms with E-state index in [9.17, 15) is 4.79 Å². The zero-order chi connectivity index (χ0) is 9.40. The lowest BCUT2D eigenvalue weighted by Crippen LogP contribution is -2.31. The van der Waals surface area contributed by atoms with Crippen molar-refractivity contribution in [3.8, 4) is 0 Å². The van der Waals surface area contributed by atoms with Crippen LogP contribution < -0.4 is 16.8 Å². The number of hydrogen-bond donors (Lipinski definition) is 4. The van der Waals surface area contributed by atoms with Gasteiger partial charge in [0.15, 0.2) is 5.96 Å². The van der Waals surface area contributed by atoms with Crippen molar-refractivity contribution in [2.24, 2.45) is 11.5 Å². The molecule has 0 aromatic carbocycles. The minimum absolute atomic E-state index is 0.0188. The molecule has 0 bridgehead atoms. The van der Waals surface area contributed by atoms with Crippen molar-refractivity contribution in [1.82, 2.24) is 5.32 Å². The summed E-state index contributed by atoms with van der Waals surface area (Å²) >= 11 is 0. The van der Waals surface area contributed by atoms with Gasteiger partial charge < -0.3 is 21.6 Å². The summed E-state index contributed by atoms with van der Waals surface area (Å²) in [7, 11) is 0. The van der Waals surface area contributed by atoms with Crippen LogP contribution in [0.2, 0.25) is 0 Å². The first-order chi connectivity index (χ1) is 5.66. The van der Waals surface area contributed by atoms with Crippen LogP contribution in [0.3, 0.4) is 0 Å². The van der Waals surface area contributed by atoms with Gasteiger partial charge in [-0.25, -0.2) is 0 Å². The number of guanidine groups is 1. The van der Waals surface area contributed by atoms with Crippen molar-refractivity contribution in [2.75, 3.05) is 6.54 Å². The molecule has 1 atom stereocenters. The maximum atomic E-state index is 10.1. The summed E-state index contributed by atoms with van der Waals surface area (Å²) < 4.78 is 0. The summed E-state index contributed by atoms with van der Waals surface area (Å²) in [5.41, 5.74) is 10.4. The second-order valence-corrected chi connectivity index (χ2v) is 2.64. The lowest BCUT2D eigenvalue weighted by molar-refractivity contribution is -0.109. The Morgan fingerprint density at radius 1 is 1.58 bits per heavy atom. The van der Waals surface area contributed by atoms with Gasteiger partial charge in [0.25, 0.3) is 0 Å². The topological polar surface area (TPSA) is 105 Å². The minimum atomic E-state index is -0.345. The van der Waals surface area contributed by atoms with E-state index in [2.05, 4.69) is 5.32 Å². The first kappa shape index (κ1) is 10.9. The molecule has 70 valence electrons. The molecule has 0 aromatic heterocycles. The van der Waals surface area contributed by atoms with Gasteiger partial charge >= 0.3 is 0 Å². The molecular formula is C7H16N4O. The van der Waals surface area contributed by atoms with Crippen LogP contribution >= 0.6 is 0 Å². The Morgan fingerprint density at radius 2 is 2.25 bits per heavy atom. The number of unbranched alkanes of at least 4 members (excludes halogenated alkanes) is 1. The molecule has 0 aromatic rings. The number of hydrogen-bond acceptors (Lipinski definition) is 3. The molecule has 0 radical (unpaired) electrons. The highest BCUT2D eigenvalue weighted by Crippen LogP contribution is 1.95. The molecular weight excluding hydrogens is 156 g/mol. The zero-order valence-corrected chi connectivity index (χ0v) is 7.05. The summed E-state index contributed by atoms with van der Waals surface area (Å²) in [4.78, 5) is 10.1. The molecule has 0 aliphatic carbocycles. The van der Waals surface area contributed by atoms with E-state index in [1.807, 2.05) is 0 Å². The second kappa shape index (κ2) is 6.60. The SMILES string of the molecule is N=C(N)NCCCC[C@H](N)C=O. The summed E-state index contributed by atoms with van der Waals surface area (Å²) in [5, 5.41) is 9.51. The molecule has 0 aliphatic heterocycles. The van der Waals surface area contributed by atoms with Gasteiger partial charge in [-0.15, -0.1) is 0 Å². The molecule has 0 spiro atoms. The highest BCUT2D eigenvalue weighted by Gasteiger charge is 1.98. The first-order valence-electron chi connectivity index (χ1n) is 3.95. The van der Waals surface area contributed by atoms with Gasteiger partial charge in [-0.2, -0.15) is 0 Å². The Balaban J connectivity index is 3.10. The third-order valence-electron chi connectivity index (χ3n) is 1.45. The van der Waals surface area contributed by atoms with E-state index < -0.39 is 0 Å². The fourth-order valence-electron chi connectivity index (χ4n) is 0.796. The number of aldehydes is 1. The van der Waals surface area contributed by atoms with Crippen LogP contribution in [0, 0.1) is 5.41 Å². The summed E-state index contributed by atoms with van der Waals surface area (Å²) in [5.74, 6) is -0.0188. The van der Waals surface area contributed by atoms with Gasteiger partial charge in [0.1, 0.15) is 6.29 Å². The standard InChI is InChI=1S/C7H16N4O/c8-6(5-12)3-1-2-4-11-7(9)10/h5-6H,1-4,8H2,(H4,9,10,11)/t6-/m0/s1. The second-order valence-electron chi connectivity index (χ2n) is 2.64. The summed E-state index contributed by atoms with van der Waals surface area (Å²) in [6.45, 7) is 0.668. The molecule has 5 heteroatoms. The molecule has 0 heterocycles. The van der Waals surface area contributed by atoms with Gasteiger partial charge in [0.05, 0.1) is 6.04 Å². The van der Waals surface area contributed by atoms with E-state index in [1.54, 1.807) is 0 Å². The average molecular weight is 172 g/mol. The lowest BCUT2D eigenvalue weighted by Gasteiger charge is -2.04. The predicted molar refractivity (Wildman–Crippen MR) is 47.8 cm³/mol. The third-order valence-corrected chi connectivity index (χ3v) is 1.45. The van der Waals surface area contributed by atoms with E-state index in [0.29, 0.717) is 13.0 Å². The molecule has 5 nitrogen and oxygen atoms in total. The largest absolute Gasteiger partial charge is 0.370 e. The van der Waals surface area contributed by atoms with Gasteiger partial charge in [0.2, 0.25) is 0 Å². The van der Waals surface area contributed by atoms with E-state index in [-0.39, 0.29) is 12.0 Å². The van der Waals surface area contributed by atoms with Crippen LogP contribution in [0.15, 0.2) is 0 Å². The van der Waals surface area contributed by atoms with E-state index >= 15 is 0 Å². The Bertz CT molecular complexity index is 148. The van der Waals surface area contributed by atoms with Crippen LogP contribution in [0.25, 0.3) is 0 Å². The maximum absolute atomic E-state index is 10.1. The van der Waals surface area contributed by atoms with Crippen molar-refractivity contribution in [2.45, 2.75) is 25.3 Å². The Morgan fingerprint density at radius 3 is 2.75 bits per heavy atom. The summed E-state index contributed by atoms with van der Waals surface area (Å²) in [6, 6.07) is -0.345. The van der Waals surface area contributed by atoms with Crippen molar-refractivity contribution < 1.29 is 4.79 Å². The average Bonchev–Trinajstić information content (AvgIpc) is 2.03. The molecule has 0 unspecified atom stereocenters. The smallest absolute Gasteiger partial charge is 0.185 e. The minimum Gasteiger partial charge on any atom is -0.370 e. The molecule has 0 rings (SSSR count). The van der Waals surface area contributed by atoms with Gasteiger partial charge in [-0.3, -0.25) is 5.41 Å². The highest BCUT2D eigenvalue weighted by molar-refractivity contribution is 5.74. The number of carbonyl (C=O) groups excluding carboxylic acids is 1. The first-order valence-corrected chi connectivity index (χ1v) is 3.95. The third kappa shape index (κ3) is 7.01. The van der Waals surface area contributed by atoms with Gasteiger partial charge in [0, 0.05) is 6.54 Å². The fourth-order valence-corrected chi connectivity index (χ4v) is 0.796. The molecule has 6 N–H and O–H groups in total. The Kier molecular flexibility index (Phi) is 6.00. The van der Waals surface area contributed by atoms with E-state index in [1.165, 1.54) is 0 Å². The molecule has 12 heavy (non-hydrogen) atoms. The van der Waals surface area contributed by atoms with Crippen LogP contribution in [-0.2, 0) is 4.79 Å². The van der Waals surface area contributed by atoms with Crippen LogP contribution in [0.5, 0.6) is 0 Å². The molecule has 0 saturated carbocycles. The molecule has 0 fully saturated rings. The number of nitrogens with two attached hydrogens (primary N) is 2. The van der Waals surface area contributed by atoms with Gasteiger partial charge in [-0.1, -0.05) is 0 Å².